The summed E-state index contributed by atoms with van der Waals surface area (Å²) >= 11 is 0. The zero-order valence-corrected chi connectivity index (χ0v) is 13.3. The Labute approximate surface area is 144 Å². The maximum absolute atomic E-state index is 13.8. The molecule has 0 atom stereocenters. The van der Waals surface area contributed by atoms with E-state index in [0.29, 0.717) is 24.3 Å². The minimum Gasteiger partial charge on any atom is -0.325 e. The lowest BCUT2D eigenvalue weighted by Crippen LogP contribution is -2.37. The Kier molecular flexibility index (Phi) is 4.61. The first-order valence-corrected chi connectivity index (χ1v) is 7.69. The Morgan fingerprint density at radius 3 is 2.56 bits per heavy atom. The van der Waals surface area contributed by atoms with Crippen molar-refractivity contribution in [1.82, 2.24) is 4.90 Å². The maximum Gasteiger partial charge on any atom is 0.325 e. The normalized spacial score (nSPS) is 13.7. The predicted octanol–water partition coefficient (Wildman–Crippen LogP) is 2.58. The number of amides is 3. The molecule has 1 aliphatic rings. The van der Waals surface area contributed by atoms with Crippen LogP contribution in [0.4, 0.5) is 20.6 Å². The third-order valence-corrected chi connectivity index (χ3v) is 3.87. The van der Waals surface area contributed by atoms with Gasteiger partial charge in [0.1, 0.15) is 12.4 Å². The lowest BCUT2D eigenvalue weighted by molar-refractivity contribution is -0.116. The Hall–Kier alpha value is -3.40. The van der Waals surface area contributed by atoms with Crippen LogP contribution >= 0.6 is 0 Å². The molecule has 3 amide bonds. The van der Waals surface area contributed by atoms with Gasteiger partial charge in [-0.25, -0.2) is 9.18 Å². The molecule has 2 aromatic carbocycles. The fourth-order valence-corrected chi connectivity index (χ4v) is 2.63. The molecule has 1 fully saturated rings. The zero-order valence-electron chi connectivity index (χ0n) is 13.3. The summed E-state index contributed by atoms with van der Waals surface area (Å²) in [5, 5.41) is 11.4. The van der Waals surface area contributed by atoms with E-state index in [4.69, 9.17) is 5.26 Å². The van der Waals surface area contributed by atoms with Crippen LogP contribution in [0.2, 0.25) is 0 Å². The average molecular weight is 338 g/mol. The van der Waals surface area contributed by atoms with E-state index in [1.54, 1.807) is 36.4 Å². The van der Waals surface area contributed by atoms with Crippen molar-refractivity contribution in [3.05, 3.63) is 59.9 Å². The van der Waals surface area contributed by atoms with Gasteiger partial charge in [-0.15, -0.1) is 0 Å². The number of carbonyl (C=O) groups excluding carboxylic acids is 2. The van der Waals surface area contributed by atoms with E-state index in [9.17, 15) is 14.0 Å². The minimum atomic E-state index is -0.472. The second-order valence-corrected chi connectivity index (χ2v) is 5.54. The Morgan fingerprint density at radius 2 is 1.88 bits per heavy atom. The number of para-hydroxylation sites is 1. The van der Waals surface area contributed by atoms with Crippen molar-refractivity contribution in [3.63, 3.8) is 0 Å². The number of benzene rings is 2. The van der Waals surface area contributed by atoms with Crippen LogP contribution in [0.3, 0.4) is 0 Å². The predicted molar refractivity (Wildman–Crippen MR) is 90.5 cm³/mol. The molecule has 0 aromatic heterocycles. The largest absolute Gasteiger partial charge is 0.325 e. The van der Waals surface area contributed by atoms with Crippen molar-refractivity contribution < 1.29 is 14.0 Å². The smallest absolute Gasteiger partial charge is 0.325 e. The molecule has 1 N–H and O–H groups in total. The molecule has 126 valence electrons. The number of halogens is 1. The van der Waals surface area contributed by atoms with Crippen molar-refractivity contribution in [2.75, 3.05) is 29.9 Å². The van der Waals surface area contributed by atoms with Gasteiger partial charge in [-0.05, 0) is 36.4 Å². The molecular weight excluding hydrogens is 323 g/mol. The summed E-state index contributed by atoms with van der Waals surface area (Å²) in [7, 11) is 0. The van der Waals surface area contributed by atoms with Gasteiger partial charge in [0.15, 0.2) is 0 Å². The number of rotatable bonds is 4. The molecule has 7 heteroatoms. The zero-order chi connectivity index (χ0) is 17.8. The second-order valence-electron chi connectivity index (χ2n) is 5.54. The molecule has 2 aromatic rings. The molecule has 1 saturated heterocycles. The molecule has 0 aliphatic carbocycles. The van der Waals surface area contributed by atoms with Gasteiger partial charge in [0.05, 0.1) is 17.3 Å². The summed E-state index contributed by atoms with van der Waals surface area (Å²) in [6, 6.07) is 14.1. The van der Waals surface area contributed by atoms with E-state index >= 15 is 0 Å². The topological polar surface area (TPSA) is 76.4 Å². The average Bonchev–Trinajstić information content (AvgIpc) is 2.96. The third kappa shape index (κ3) is 3.58. The van der Waals surface area contributed by atoms with Gasteiger partial charge < -0.3 is 10.2 Å². The minimum absolute atomic E-state index is 0.121. The van der Waals surface area contributed by atoms with Gasteiger partial charge in [-0.2, -0.15) is 5.26 Å². The van der Waals surface area contributed by atoms with Crippen molar-refractivity contribution in [1.29, 1.82) is 5.26 Å². The fraction of sp³-hybridized carbons (Fsp3) is 0.167. The summed E-state index contributed by atoms with van der Waals surface area (Å²) in [6.45, 7) is 0.543. The van der Waals surface area contributed by atoms with Crippen LogP contribution in [-0.2, 0) is 4.79 Å². The molecule has 3 rings (SSSR count). The molecule has 25 heavy (non-hydrogen) atoms. The van der Waals surface area contributed by atoms with Crippen LogP contribution in [0.25, 0.3) is 0 Å². The van der Waals surface area contributed by atoms with Crippen LogP contribution < -0.4 is 10.2 Å². The van der Waals surface area contributed by atoms with Crippen molar-refractivity contribution in [2.45, 2.75) is 0 Å². The Bertz CT molecular complexity index is 845. The molecule has 0 saturated carbocycles. The summed E-state index contributed by atoms with van der Waals surface area (Å²) in [5.41, 5.74) is 1.25. The molecule has 0 bridgehead atoms. The highest BCUT2D eigenvalue weighted by Gasteiger charge is 2.32. The molecule has 1 aliphatic heterocycles. The van der Waals surface area contributed by atoms with Gasteiger partial charge in [0.2, 0.25) is 5.91 Å². The summed E-state index contributed by atoms with van der Waals surface area (Å²) in [4.78, 5) is 27.2. The van der Waals surface area contributed by atoms with Crippen LogP contribution in [0, 0.1) is 17.1 Å². The van der Waals surface area contributed by atoms with Gasteiger partial charge in [-0.3, -0.25) is 9.69 Å². The van der Waals surface area contributed by atoms with Gasteiger partial charge in [-0.1, -0.05) is 12.1 Å². The summed E-state index contributed by atoms with van der Waals surface area (Å²) in [6.07, 6.45) is 0. The first-order valence-electron chi connectivity index (χ1n) is 7.69. The number of urea groups is 1. The number of nitriles is 1. The van der Waals surface area contributed by atoms with Gasteiger partial charge >= 0.3 is 6.03 Å². The number of nitrogens with zero attached hydrogens (tertiary/aromatic N) is 3. The van der Waals surface area contributed by atoms with E-state index in [1.807, 2.05) is 6.07 Å². The Morgan fingerprint density at radius 1 is 1.16 bits per heavy atom. The van der Waals surface area contributed by atoms with Gasteiger partial charge in [0, 0.05) is 18.8 Å². The van der Waals surface area contributed by atoms with Crippen LogP contribution in [-0.4, -0.2) is 36.5 Å². The number of nitrogens with one attached hydrogen (secondary N) is 1. The fourth-order valence-electron chi connectivity index (χ4n) is 2.63. The number of hydrogen-bond acceptors (Lipinski definition) is 3. The summed E-state index contributed by atoms with van der Waals surface area (Å²) in [5.74, 6) is -0.826. The van der Waals surface area contributed by atoms with E-state index in [1.165, 1.54) is 21.9 Å². The SMILES string of the molecule is N#Cc1ccc(NC(=O)CN2CCN(c3ccccc3F)C2=O)cc1. The highest BCUT2D eigenvalue weighted by Crippen LogP contribution is 2.23. The molecule has 1 heterocycles. The second kappa shape index (κ2) is 7.01. The van der Waals surface area contributed by atoms with E-state index in [0.717, 1.165) is 0 Å². The first kappa shape index (κ1) is 16.5. The monoisotopic (exact) mass is 338 g/mol. The van der Waals surface area contributed by atoms with Crippen molar-refractivity contribution in [2.24, 2.45) is 0 Å². The molecule has 0 unspecified atom stereocenters. The molecular formula is C18H15FN4O2. The van der Waals surface area contributed by atoms with Crippen LogP contribution in [0.1, 0.15) is 5.56 Å². The lowest BCUT2D eigenvalue weighted by Gasteiger charge is -2.18. The first-order chi connectivity index (χ1) is 12.1. The summed E-state index contributed by atoms with van der Waals surface area (Å²) < 4.78 is 13.8. The quantitative estimate of drug-likeness (QED) is 0.931. The number of anilines is 2. The lowest BCUT2D eigenvalue weighted by atomic mass is 10.2. The van der Waals surface area contributed by atoms with E-state index in [-0.39, 0.29) is 18.1 Å². The van der Waals surface area contributed by atoms with E-state index in [2.05, 4.69) is 5.32 Å². The molecule has 6 nitrogen and oxygen atoms in total. The highest BCUT2D eigenvalue weighted by atomic mass is 19.1. The van der Waals surface area contributed by atoms with E-state index < -0.39 is 11.8 Å². The molecule has 0 radical (unpaired) electrons. The van der Waals surface area contributed by atoms with Crippen molar-refractivity contribution in [3.8, 4) is 6.07 Å². The standard InChI is InChI=1S/C18H15FN4O2/c19-15-3-1-2-4-16(15)23-10-9-22(18(23)25)12-17(24)21-14-7-5-13(11-20)6-8-14/h1-8H,9-10,12H2,(H,21,24). The van der Waals surface area contributed by atoms with Crippen molar-refractivity contribution >= 4 is 23.3 Å². The van der Waals surface area contributed by atoms with Crippen LogP contribution in [0.5, 0.6) is 0 Å². The maximum atomic E-state index is 13.8. The number of carbonyl (C=O) groups is 2. The number of hydrogen-bond donors (Lipinski definition) is 1. The van der Waals surface area contributed by atoms with Crippen LogP contribution in [0.15, 0.2) is 48.5 Å². The van der Waals surface area contributed by atoms with Gasteiger partial charge in [0.25, 0.3) is 0 Å². The Balaban J connectivity index is 1.61. The highest BCUT2D eigenvalue weighted by molar-refractivity contribution is 5.99. The third-order valence-electron chi connectivity index (χ3n) is 3.87. The molecule has 0 spiro atoms.